The van der Waals surface area contributed by atoms with E-state index in [1.807, 2.05) is 53.4 Å². The zero-order valence-corrected chi connectivity index (χ0v) is 14.8. The monoisotopic (exact) mass is 334 g/mol. The SMILES string of the molecule is CC(C)c1ncc(CN(C)C(=O)c2ccccc2-n2cccc2)cn1. The Morgan fingerprint density at radius 1 is 1.08 bits per heavy atom. The summed E-state index contributed by atoms with van der Waals surface area (Å²) in [7, 11) is 1.80. The first kappa shape index (κ1) is 16.9. The summed E-state index contributed by atoms with van der Waals surface area (Å²) in [4.78, 5) is 23.3. The van der Waals surface area contributed by atoms with Crippen LogP contribution < -0.4 is 0 Å². The molecule has 0 aliphatic heterocycles. The van der Waals surface area contributed by atoms with E-state index in [1.54, 1.807) is 24.3 Å². The van der Waals surface area contributed by atoms with Crippen LogP contribution >= 0.6 is 0 Å². The molecular weight excluding hydrogens is 312 g/mol. The van der Waals surface area contributed by atoms with Crippen LogP contribution in [-0.2, 0) is 6.54 Å². The van der Waals surface area contributed by atoms with Crippen molar-refractivity contribution in [1.82, 2.24) is 19.4 Å². The minimum Gasteiger partial charge on any atom is -0.337 e. The lowest BCUT2D eigenvalue weighted by atomic mass is 10.1. The highest BCUT2D eigenvalue weighted by molar-refractivity contribution is 5.97. The lowest BCUT2D eigenvalue weighted by molar-refractivity contribution is 0.0785. The third-order valence-corrected chi connectivity index (χ3v) is 4.03. The average Bonchev–Trinajstić information content (AvgIpc) is 3.16. The van der Waals surface area contributed by atoms with Gasteiger partial charge < -0.3 is 9.47 Å². The predicted octanol–water partition coefficient (Wildman–Crippen LogP) is 3.66. The molecular formula is C20H22N4O. The van der Waals surface area contributed by atoms with Crippen molar-refractivity contribution in [1.29, 1.82) is 0 Å². The van der Waals surface area contributed by atoms with E-state index in [1.165, 1.54) is 0 Å². The van der Waals surface area contributed by atoms with E-state index >= 15 is 0 Å². The number of rotatable bonds is 5. The highest BCUT2D eigenvalue weighted by Gasteiger charge is 2.17. The summed E-state index contributed by atoms with van der Waals surface area (Å²) >= 11 is 0. The maximum Gasteiger partial charge on any atom is 0.256 e. The zero-order valence-electron chi connectivity index (χ0n) is 14.8. The molecule has 0 aliphatic carbocycles. The van der Waals surface area contributed by atoms with Gasteiger partial charge in [-0.1, -0.05) is 26.0 Å². The molecule has 0 spiro atoms. The quantitative estimate of drug-likeness (QED) is 0.715. The van der Waals surface area contributed by atoms with E-state index in [-0.39, 0.29) is 5.91 Å². The number of benzene rings is 1. The highest BCUT2D eigenvalue weighted by Crippen LogP contribution is 2.17. The van der Waals surface area contributed by atoms with Crippen LogP contribution in [0.4, 0.5) is 0 Å². The maximum atomic E-state index is 12.9. The number of carbonyl (C=O) groups is 1. The summed E-state index contributed by atoms with van der Waals surface area (Å²) in [6.07, 6.45) is 7.46. The first-order valence-electron chi connectivity index (χ1n) is 8.35. The van der Waals surface area contributed by atoms with Gasteiger partial charge in [0.1, 0.15) is 5.82 Å². The molecule has 0 aliphatic rings. The zero-order chi connectivity index (χ0) is 17.8. The average molecular weight is 334 g/mol. The molecule has 25 heavy (non-hydrogen) atoms. The van der Waals surface area contributed by atoms with Crippen LogP contribution in [0.25, 0.3) is 5.69 Å². The summed E-state index contributed by atoms with van der Waals surface area (Å²) in [5.41, 5.74) is 2.45. The van der Waals surface area contributed by atoms with Crippen LogP contribution in [0, 0.1) is 0 Å². The first-order valence-corrected chi connectivity index (χ1v) is 8.35. The van der Waals surface area contributed by atoms with Crippen molar-refractivity contribution < 1.29 is 4.79 Å². The fourth-order valence-electron chi connectivity index (χ4n) is 2.67. The molecule has 2 aromatic heterocycles. The van der Waals surface area contributed by atoms with Gasteiger partial charge in [0.2, 0.25) is 0 Å². The minimum atomic E-state index is -0.0303. The lowest BCUT2D eigenvalue weighted by Crippen LogP contribution is -2.27. The number of para-hydroxylation sites is 1. The Labute approximate surface area is 148 Å². The highest BCUT2D eigenvalue weighted by atomic mass is 16.2. The third kappa shape index (κ3) is 3.76. The van der Waals surface area contributed by atoms with Crippen molar-refractivity contribution in [3.63, 3.8) is 0 Å². The second kappa shape index (κ2) is 7.30. The number of carbonyl (C=O) groups excluding carboxylic acids is 1. The smallest absolute Gasteiger partial charge is 0.256 e. The summed E-state index contributed by atoms with van der Waals surface area (Å²) in [5.74, 6) is 1.08. The van der Waals surface area contributed by atoms with E-state index in [9.17, 15) is 4.79 Å². The molecule has 0 saturated carbocycles. The van der Waals surface area contributed by atoms with Gasteiger partial charge in [0, 0.05) is 49.9 Å². The van der Waals surface area contributed by atoms with Crippen molar-refractivity contribution in [2.24, 2.45) is 0 Å². The van der Waals surface area contributed by atoms with Crippen molar-refractivity contribution in [2.45, 2.75) is 26.3 Å². The molecule has 2 heterocycles. The third-order valence-electron chi connectivity index (χ3n) is 4.03. The summed E-state index contributed by atoms with van der Waals surface area (Å²) < 4.78 is 1.95. The molecule has 0 radical (unpaired) electrons. The fourth-order valence-corrected chi connectivity index (χ4v) is 2.67. The number of amides is 1. The van der Waals surface area contributed by atoms with Crippen LogP contribution in [0.5, 0.6) is 0 Å². The molecule has 1 aromatic carbocycles. The summed E-state index contributed by atoms with van der Waals surface area (Å²) in [6.45, 7) is 4.59. The van der Waals surface area contributed by atoms with Crippen LogP contribution in [-0.4, -0.2) is 32.4 Å². The van der Waals surface area contributed by atoms with E-state index in [4.69, 9.17) is 0 Å². The topological polar surface area (TPSA) is 51.0 Å². The number of hydrogen-bond acceptors (Lipinski definition) is 3. The van der Waals surface area contributed by atoms with Gasteiger partial charge in [0.25, 0.3) is 5.91 Å². The molecule has 1 amide bonds. The molecule has 0 unspecified atom stereocenters. The first-order chi connectivity index (χ1) is 12.1. The summed E-state index contributed by atoms with van der Waals surface area (Å²) in [5, 5.41) is 0. The van der Waals surface area contributed by atoms with Crippen LogP contribution in [0.15, 0.2) is 61.2 Å². The Hall–Kier alpha value is -2.95. The van der Waals surface area contributed by atoms with Crippen molar-refractivity contribution in [3.05, 3.63) is 78.1 Å². The Bertz CT molecular complexity index is 838. The van der Waals surface area contributed by atoms with Crippen LogP contribution in [0.3, 0.4) is 0 Å². The van der Waals surface area contributed by atoms with Gasteiger partial charge >= 0.3 is 0 Å². The van der Waals surface area contributed by atoms with E-state index in [0.29, 0.717) is 18.0 Å². The van der Waals surface area contributed by atoms with Gasteiger partial charge in [-0.3, -0.25) is 4.79 Å². The standard InChI is InChI=1S/C20H22N4O/c1-15(2)19-21-12-16(13-22-19)14-23(3)20(25)17-8-4-5-9-18(17)24-10-6-7-11-24/h4-13,15H,14H2,1-3H3. The number of nitrogens with zero attached hydrogens (tertiary/aromatic N) is 4. The fraction of sp³-hybridized carbons (Fsp3) is 0.250. The van der Waals surface area contributed by atoms with E-state index < -0.39 is 0 Å². The second-order valence-electron chi connectivity index (χ2n) is 6.37. The van der Waals surface area contributed by atoms with E-state index in [2.05, 4.69) is 23.8 Å². The molecule has 3 rings (SSSR count). The van der Waals surface area contributed by atoms with Crippen molar-refractivity contribution >= 4 is 5.91 Å². The van der Waals surface area contributed by atoms with Gasteiger partial charge in [-0.25, -0.2) is 9.97 Å². The molecule has 0 saturated heterocycles. The summed E-state index contributed by atoms with van der Waals surface area (Å²) in [6, 6.07) is 11.5. The Kier molecular flexibility index (Phi) is 4.93. The number of aromatic nitrogens is 3. The molecule has 3 aromatic rings. The number of hydrogen-bond donors (Lipinski definition) is 0. The molecule has 0 atom stereocenters. The van der Waals surface area contributed by atoms with Crippen LogP contribution in [0.2, 0.25) is 0 Å². The Balaban J connectivity index is 1.79. The molecule has 0 N–H and O–H groups in total. The van der Waals surface area contributed by atoms with Crippen molar-refractivity contribution in [2.75, 3.05) is 7.05 Å². The Morgan fingerprint density at radius 3 is 2.36 bits per heavy atom. The Morgan fingerprint density at radius 2 is 1.72 bits per heavy atom. The molecule has 5 nitrogen and oxygen atoms in total. The second-order valence-corrected chi connectivity index (χ2v) is 6.37. The van der Waals surface area contributed by atoms with Gasteiger partial charge in [0.15, 0.2) is 0 Å². The van der Waals surface area contributed by atoms with Crippen LogP contribution in [0.1, 0.15) is 41.5 Å². The minimum absolute atomic E-state index is 0.0303. The largest absolute Gasteiger partial charge is 0.337 e. The maximum absolute atomic E-state index is 12.9. The van der Waals surface area contributed by atoms with E-state index in [0.717, 1.165) is 17.1 Å². The van der Waals surface area contributed by atoms with Gasteiger partial charge in [0.05, 0.1) is 11.3 Å². The van der Waals surface area contributed by atoms with Gasteiger partial charge in [-0.05, 0) is 24.3 Å². The lowest BCUT2D eigenvalue weighted by Gasteiger charge is -2.19. The molecule has 128 valence electrons. The molecule has 5 heteroatoms. The molecule has 0 fully saturated rings. The van der Waals surface area contributed by atoms with Crippen molar-refractivity contribution in [3.8, 4) is 5.69 Å². The predicted molar refractivity (Wildman–Crippen MR) is 97.7 cm³/mol. The molecule has 0 bridgehead atoms. The van der Waals surface area contributed by atoms with Gasteiger partial charge in [-0.15, -0.1) is 0 Å². The normalized spacial score (nSPS) is 10.9. The van der Waals surface area contributed by atoms with Gasteiger partial charge in [-0.2, -0.15) is 0 Å².